The minimum Gasteiger partial charge on any atom is -0.200 e. The first kappa shape index (κ1) is 12.1. The zero-order valence-corrected chi connectivity index (χ0v) is 10.6. The average molecular weight is 252 g/mol. The van der Waals surface area contributed by atoms with Crippen molar-refractivity contribution < 1.29 is 8.42 Å². The molecule has 2 rings (SSSR count). The molecule has 0 heterocycles. The molecule has 0 radical (unpaired) electrons. The Morgan fingerprint density at radius 3 is 2.47 bits per heavy atom. The minimum absolute atomic E-state index is 0.244. The van der Waals surface area contributed by atoms with Gasteiger partial charge in [0.05, 0.1) is 4.90 Å². The Bertz CT molecular complexity index is 502. The van der Waals surface area contributed by atoms with Gasteiger partial charge in [0.25, 0.3) is 10.0 Å². The Morgan fingerprint density at radius 2 is 1.94 bits per heavy atom. The number of hydrazone groups is 1. The van der Waals surface area contributed by atoms with Crippen molar-refractivity contribution in [1.82, 2.24) is 4.83 Å². The molecule has 0 amide bonds. The fourth-order valence-electron chi connectivity index (χ4n) is 1.56. The predicted molar refractivity (Wildman–Crippen MR) is 67.3 cm³/mol. The van der Waals surface area contributed by atoms with Crippen LogP contribution in [-0.2, 0) is 10.0 Å². The fourth-order valence-corrected chi connectivity index (χ4v) is 2.36. The predicted octanol–water partition coefficient (Wildman–Crippen LogP) is 2.06. The van der Waals surface area contributed by atoms with Crippen LogP contribution in [0, 0.1) is 12.8 Å². The standard InChI is InChI=1S/C12H16N2O2S/c1-10-5-7-12(8-6-10)17(15,16)14-13-9-11-3-2-4-11/h5-9,11,14H,2-4H2,1H3. The Hall–Kier alpha value is -1.36. The number of hydrogen-bond donors (Lipinski definition) is 1. The molecule has 4 nitrogen and oxygen atoms in total. The largest absolute Gasteiger partial charge is 0.276 e. The average Bonchev–Trinajstić information content (AvgIpc) is 2.22. The summed E-state index contributed by atoms with van der Waals surface area (Å²) in [6.45, 7) is 1.92. The van der Waals surface area contributed by atoms with Gasteiger partial charge in [-0.1, -0.05) is 24.1 Å². The third-order valence-corrected chi connectivity index (χ3v) is 4.18. The van der Waals surface area contributed by atoms with E-state index in [0.29, 0.717) is 5.92 Å². The summed E-state index contributed by atoms with van der Waals surface area (Å²) in [5.74, 6) is 0.440. The first-order valence-electron chi connectivity index (χ1n) is 5.69. The second-order valence-electron chi connectivity index (χ2n) is 4.38. The Labute approximate surface area is 102 Å². The van der Waals surface area contributed by atoms with Crippen LogP contribution in [0.5, 0.6) is 0 Å². The van der Waals surface area contributed by atoms with Gasteiger partial charge in [0.15, 0.2) is 0 Å². The molecule has 0 aliphatic heterocycles. The number of nitrogens with zero attached hydrogens (tertiary/aromatic N) is 1. The zero-order chi connectivity index (χ0) is 12.3. The van der Waals surface area contributed by atoms with Gasteiger partial charge in [-0.3, -0.25) is 0 Å². The van der Waals surface area contributed by atoms with Gasteiger partial charge in [0.1, 0.15) is 0 Å². The molecule has 0 spiro atoms. The van der Waals surface area contributed by atoms with Crippen LogP contribution < -0.4 is 4.83 Å². The third kappa shape index (κ3) is 3.06. The van der Waals surface area contributed by atoms with E-state index in [-0.39, 0.29) is 4.90 Å². The van der Waals surface area contributed by atoms with Crippen molar-refractivity contribution in [3.63, 3.8) is 0 Å². The van der Waals surface area contributed by atoms with Crippen LogP contribution >= 0.6 is 0 Å². The molecule has 0 bridgehead atoms. The fraction of sp³-hybridized carbons (Fsp3) is 0.417. The number of nitrogens with one attached hydrogen (secondary N) is 1. The smallest absolute Gasteiger partial charge is 0.200 e. The molecule has 0 saturated heterocycles. The molecule has 1 saturated carbocycles. The van der Waals surface area contributed by atoms with Gasteiger partial charge in [-0.25, -0.2) is 4.83 Å². The van der Waals surface area contributed by atoms with Crippen LogP contribution in [0.2, 0.25) is 0 Å². The molecular weight excluding hydrogens is 236 g/mol. The third-order valence-electron chi connectivity index (χ3n) is 2.94. The summed E-state index contributed by atoms with van der Waals surface area (Å²) >= 11 is 0. The van der Waals surface area contributed by atoms with Gasteiger partial charge in [0, 0.05) is 6.21 Å². The molecule has 1 aliphatic carbocycles. The van der Waals surface area contributed by atoms with Crippen molar-refractivity contribution in [3.8, 4) is 0 Å². The van der Waals surface area contributed by atoms with Crippen molar-refractivity contribution in [2.75, 3.05) is 0 Å². The van der Waals surface area contributed by atoms with E-state index >= 15 is 0 Å². The number of rotatable bonds is 4. The lowest BCUT2D eigenvalue weighted by molar-refractivity contribution is 0.419. The van der Waals surface area contributed by atoms with Crippen LogP contribution in [0.25, 0.3) is 0 Å². The SMILES string of the molecule is Cc1ccc(S(=O)(=O)NN=CC2CCC2)cc1. The van der Waals surface area contributed by atoms with E-state index in [0.717, 1.165) is 18.4 Å². The first-order valence-corrected chi connectivity index (χ1v) is 7.18. The van der Waals surface area contributed by atoms with Crippen molar-refractivity contribution in [2.45, 2.75) is 31.1 Å². The van der Waals surface area contributed by atoms with Crippen LogP contribution in [0.3, 0.4) is 0 Å². The van der Waals surface area contributed by atoms with E-state index in [9.17, 15) is 8.42 Å². The maximum atomic E-state index is 11.8. The van der Waals surface area contributed by atoms with Crippen LogP contribution in [0.4, 0.5) is 0 Å². The van der Waals surface area contributed by atoms with Gasteiger partial charge in [-0.15, -0.1) is 0 Å². The lowest BCUT2D eigenvalue weighted by Gasteiger charge is -2.20. The second-order valence-corrected chi connectivity index (χ2v) is 6.04. The summed E-state index contributed by atoms with van der Waals surface area (Å²) in [6.07, 6.45) is 5.11. The Balaban J connectivity index is 2.02. The molecule has 1 N–H and O–H groups in total. The van der Waals surface area contributed by atoms with Gasteiger partial charge in [0.2, 0.25) is 0 Å². The van der Waals surface area contributed by atoms with Gasteiger partial charge >= 0.3 is 0 Å². The summed E-state index contributed by atoms with van der Waals surface area (Å²) < 4.78 is 23.6. The Kier molecular flexibility index (Phi) is 3.47. The number of benzene rings is 1. The number of sulfonamides is 1. The summed E-state index contributed by atoms with van der Waals surface area (Å²) in [7, 11) is -3.50. The highest BCUT2D eigenvalue weighted by Gasteiger charge is 2.16. The van der Waals surface area contributed by atoms with Crippen LogP contribution in [-0.4, -0.2) is 14.6 Å². The lowest BCUT2D eigenvalue weighted by Crippen LogP contribution is -2.20. The first-order chi connectivity index (χ1) is 8.08. The monoisotopic (exact) mass is 252 g/mol. The molecule has 1 aromatic carbocycles. The maximum absolute atomic E-state index is 11.8. The van der Waals surface area contributed by atoms with Gasteiger partial charge in [-0.2, -0.15) is 13.5 Å². The number of aryl methyl sites for hydroxylation is 1. The molecular formula is C12H16N2O2S. The highest BCUT2D eigenvalue weighted by Crippen LogP contribution is 2.23. The van der Waals surface area contributed by atoms with Crippen molar-refractivity contribution >= 4 is 16.2 Å². The quantitative estimate of drug-likeness (QED) is 0.658. The van der Waals surface area contributed by atoms with Crippen LogP contribution in [0.1, 0.15) is 24.8 Å². The molecule has 17 heavy (non-hydrogen) atoms. The zero-order valence-electron chi connectivity index (χ0n) is 9.76. The molecule has 92 valence electrons. The van der Waals surface area contributed by atoms with E-state index in [1.165, 1.54) is 6.42 Å². The Morgan fingerprint density at radius 1 is 1.29 bits per heavy atom. The highest BCUT2D eigenvalue weighted by molar-refractivity contribution is 7.89. The maximum Gasteiger partial charge on any atom is 0.276 e. The topological polar surface area (TPSA) is 58.5 Å². The summed E-state index contributed by atoms with van der Waals surface area (Å²) in [5.41, 5.74) is 1.03. The molecule has 0 aromatic heterocycles. The number of hydrogen-bond acceptors (Lipinski definition) is 3. The van der Waals surface area contributed by atoms with E-state index in [1.807, 2.05) is 6.92 Å². The normalized spacial score (nSPS) is 17.0. The minimum atomic E-state index is -3.50. The van der Waals surface area contributed by atoms with E-state index < -0.39 is 10.0 Å². The van der Waals surface area contributed by atoms with Gasteiger partial charge in [-0.05, 0) is 37.8 Å². The summed E-state index contributed by atoms with van der Waals surface area (Å²) in [4.78, 5) is 2.48. The molecule has 1 aliphatic rings. The van der Waals surface area contributed by atoms with E-state index in [2.05, 4.69) is 9.93 Å². The highest BCUT2D eigenvalue weighted by atomic mass is 32.2. The van der Waals surface area contributed by atoms with E-state index in [4.69, 9.17) is 0 Å². The van der Waals surface area contributed by atoms with Crippen molar-refractivity contribution in [3.05, 3.63) is 29.8 Å². The van der Waals surface area contributed by atoms with Crippen molar-refractivity contribution in [2.24, 2.45) is 11.0 Å². The lowest BCUT2D eigenvalue weighted by atomic mass is 9.87. The summed E-state index contributed by atoms with van der Waals surface area (Å²) in [5, 5.41) is 3.80. The summed E-state index contributed by atoms with van der Waals surface area (Å²) in [6, 6.07) is 6.70. The van der Waals surface area contributed by atoms with Crippen LogP contribution in [0.15, 0.2) is 34.3 Å². The molecule has 0 unspecified atom stereocenters. The molecule has 1 aromatic rings. The molecule has 1 fully saturated rings. The molecule has 5 heteroatoms. The van der Waals surface area contributed by atoms with Crippen molar-refractivity contribution in [1.29, 1.82) is 0 Å². The molecule has 0 atom stereocenters. The van der Waals surface area contributed by atoms with E-state index in [1.54, 1.807) is 30.5 Å². The second kappa shape index (κ2) is 4.87. The van der Waals surface area contributed by atoms with Gasteiger partial charge < -0.3 is 0 Å².